The highest BCUT2D eigenvalue weighted by Gasteiger charge is 2.36. The summed E-state index contributed by atoms with van der Waals surface area (Å²) in [6, 6.07) is 11.2. The first-order valence-electron chi connectivity index (χ1n) is 9.54. The van der Waals surface area contributed by atoms with Crippen molar-refractivity contribution in [3.8, 4) is 5.75 Å². The standard InChI is InChI=1S/C22H28N2O4S/c1-14-8-7-9-15(2)20(14)23-21(25)19-13-24(29(6,26)27)17-12-16(22(3,4)5)10-11-18(17)28-19/h7-12,19H,13H2,1-6H3,(H,23,25)/t19-/m0/s1. The van der Waals surface area contributed by atoms with Gasteiger partial charge in [0.25, 0.3) is 5.91 Å². The fourth-order valence-electron chi connectivity index (χ4n) is 3.38. The Morgan fingerprint density at radius 3 is 2.31 bits per heavy atom. The number of hydrogen-bond acceptors (Lipinski definition) is 4. The summed E-state index contributed by atoms with van der Waals surface area (Å²) in [5.41, 5.74) is 3.91. The summed E-state index contributed by atoms with van der Waals surface area (Å²) in [4.78, 5) is 12.9. The molecule has 1 N–H and O–H groups in total. The molecule has 29 heavy (non-hydrogen) atoms. The minimum absolute atomic E-state index is 0.0732. The molecule has 156 valence electrons. The number of ether oxygens (including phenoxy) is 1. The van der Waals surface area contributed by atoms with Crippen molar-refractivity contribution in [2.75, 3.05) is 22.4 Å². The summed E-state index contributed by atoms with van der Waals surface area (Å²) in [5, 5.41) is 2.90. The molecule has 1 aliphatic rings. The minimum atomic E-state index is -3.58. The lowest BCUT2D eigenvalue weighted by molar-refractivity contribution is -0.122. The van der Waals surface area contributed by atoms with E-state index in [-0.39, 0.29) is 17.9 Å². The van der Waals surface area contributed by atoms with Crippen LogP contribution in [-0.2, 0) is 20.2 Å². The molecule has 1 heterocycles. The number of hydrogen-bond donors (Lipinski definition) is 1. The average Bonchev–Trinajstić information content (AvgIpc) is 2.61. The Hall–Kier alpha value is -2.54. The lowest BCUT2D eigenvalue weighted by Crippen LogP contribution is -2.48. The zero-order valence-corrected chi connectivity index (χ0v) is 18.6. The van der Waals surface area contributed by atoms with Gasteiger partial charge in [-0.2, -0.15) is 0 Å². The van der Waals surface area contributed by atoms with Crippen LogP contribution in [0.25, 0.3) is 0 Å². The van der Waals surface area contributed by atoms with Crippen molar-refractivity contribution < 1.29 is 17.9 Å². The van der Waals surface area contributed by atoms with Crippen LogP contribution in [0, 0.1) is 13.8 Å². The molecule has 0 spiro atoms. The number of benzene rings is 2. The molecule has 6 nitrogen and oxygen atoms in total. The van der Waals surface area contributed by atoms with Gasteiger partial charge in [0, 0.05) is 5.69 Å². The molecule has 0 bridgehead atoms. The van der Waals surface area contributed by atoms with Crippen LogP contribution in [0.3, 0.4) is 0 Å². The minimum Gasteiger partial charge on any atom is -0.476 e. The molecule has 0 aromatic heterocycles. The third-order valence-corrected chi connectivity index (χ3v) is 6.26. The highest BCUT2D eigenvalue weighted by molar-refractivity contribution is 7.92. The zero-order valence-electron chi connectivity index (χ0n) is 17.7. The molecular weight excluding hydrogens is 388 g/mol. The molecule has 0 saturated heterocycles. The summed E-state index contributed by atoms with van der Waals surface area (Å²) in [7, 11) is -3.58. The van der Waals surface area contributed by atoms with Crippen molar-refractivity contribution in [2.24, 2.45) is 0 Å². The monoisotopic (exact) mass is 416 g/mol. The third-order valence-electron chi connectivity index (χ3n) is 5.12. The van der Waals surface area contributed by atoms with Gasteiger partial charge in [-0.1, -0.05) is 45.0 Å². The van der Waals surface area contributed by atoms with Crippen molar-refractivity contribution in [3.05, 3.63) is 53.1 Å². The van der Waals surface area contributed by atoms with E-state index >= 15 is 0 Å². The highest BCUT2D eigenvalue weighted by atomic mass is 32.2. The summed E-state index contributed by atoms with van der Waals surface area (Å²) >= 11 is 0. The van der Waals surface area contributed by atoms with Gasteiger partial charge in [-0.15, -0.1) is 0 Å². The Morgan fingerprint density at radius 1 is 1.14 bits per heavy atom. The van der Waals surface area contributed by atoms with Crippen LogP contribution >= 0.6 is 0 Å². The second-order valence-electron chi connectivity index (χ2n) is 8.59. The third kappa shape index (κ3) is 4.40. The number of aryl methyl sites for hydroxylation is 2. The van der Waals surface area contributed by atoms with Crippen molar-refractivity contribution in [1.29, 1.82) is 0 Å². The van der Waals surface area contributed by atoms with Gasteiger partial charge in [-0.3, -0.25) is 9.10 Å². The molecule has 0 saturated carbocycles. The van der Waals surface area contributed by atoms with Gasteiger partial charge in [0.05, 0.1) is 18.5 Å². The summed E-state index contributed by atoms with van der Waals surface area (Å²) in [6.45, 7) is 9.93. The first kappa shape index (κ1) is 21.2. The molecule has 2 aromatic rings. The van der Waals surface area contributed by atoms with Gasteiger partial charge in [0.2, 0.25) is 10.0 Å². The fraction of sp³-hybridized carbons (Fsp3) is 0.409. The number of carbonyl (C=O) groups excluding carboxylic acids is 1. The van der Waals surface area contributed by atoms with Crippen LogP contribution in [0.4, 0.5) is 11.4 Å². The van der Waals surface area contributed by atoms with Crippen LogP contribution in [0.1, 0.15) is 37.5 Å². The number of nitrogens with zero attached hydrogens (tertiary/aromatic N) is 1. The number of anilines is 2. The quantitative estimate of drug-likeness (QED) is 0.826. The van der Waals surface area contributed by atoms with Crippen molar-refractivity contribution >= 4 is 27.3 Å². The zero-order chi connectivity index (χ0) is 21.6. The van der Waals surface area contributed by atoms with E-state index < -0.39 is 16.1 Å². The summed E-state index contributed by atoms with van der Waals surface area (Å²) in [5.74, 6) is 0.0120. The fourth-order valence-corrected chi connectivity index (χ4v) is 4.29. The van der Waals surface area contributed by atoms with E-state index in [0.29, 0.717) is 11.4 Å². The van der Waals surface area contributed by atoms with Gasteiger partial charge in [-0.25, -0.2) is 8.42 Å². The smallest absolute Gasteiger partial charge is 0.267 e. The van der Waals surface area contributed by atoms with Crippen molar-refractivity contribution in [2.45, 2.75) is 46.1 Å². The molecule has 0 fully saturated rings. The molecule has 3 rings (SSSR count). The first-order chi connectivity index (χ1) is 13.4. The average molecular weight is 417 g/mol. The van der Waals surface area contributed by atoms with Crippen LogP contribution in [-0.4, -0.2) is 33.2 Å². The number of amides is 1. The van der Waals surface area contributed by atoms with Crippen LogP contribution in [0.5, 0.6) is 5.75 Å². The first-order valence-corrected chi connectivity index (χ1v) is 11.4. The second-order valence-corrected chi connectivity index (χ2v) is 10.5. The Morgan fingerprint density at radius 2 is 1.76 bits per heavy atom. The van der Waals surface area contributed by atoms with Crippen molar-refractivity contribution in [1.82, 2.24) is 0 Å². The Bertz CT molecular complexity index is 1030. The summed E-state index contributed by atoms with van der Waals surface area (Å²) in [6.07, 6.45) is 0.198. The van der Waals surface area contributed by atoms with E-state index in [1.54, 1.807) is 6.07 Å². The van der Waals surface area contributed by atoms with Crippen LogP contribution in [0.2, 0.25) is 0 Å². The Kier molecular flexibility index (Phi) is 5.38. The van der Waals surface area contributed by atoms with Crippen LogP contribution in [0.15, 0.2) is 36.4 Å². The van der Waals surface area contributed by atoms with Crippen molar-refractivity contribution in [3.63, 3.8) is 0 Å². The van der Waals surface area contributed by atoms with Gasteiger partial charge >= 0.3 is 0 Å². The molecule has 0 aliphatic carbocycles. The SMILES string of the molecule is Cc1cccc(C)c1NC(=O)[C@@H]1CN(S(C)(=O)=O)c2cc(C(C)(C)C)ccc2O1. The largest absolute Gasteiger partial charge is 0.476 e. The van der Waals surface area contributed by atoms with E-state index in [9.17, 15) is 13.2 Å². The topological polar surface area (TPSA) is 75.7 Å². The molecule has 0 radical (unpaired) electrons. The van der Waals surface area contributed by atoms with Gasteiger partial charge in [0.15, 0.2) is 6.10 Å². The predicted octanol–water partition coefficient (Wildman–Crippen LogP) is 3.77. The van der Waals surface area contributed by atoms with E-state index in [2.05, 4.69) is 26.1 Å². The number of nitrogens with one attached hydrogen (secondary N) is 1. The maximum atomic E-state index is 12.9. The van der Waals surface area contributed by atoms with Gasteiger partial charge < -0.3 is 10.1 Å². The molecule has 1 aliphatic heterocycles. The molecule has 0 unspecified atom stereocenters. The van der Waals surface area contributed by atoms with E-state index in [0.717, 1.165) is 28.6 Å². The van der Waals surface area contributed by atoms with Gasteiger partial charge in [0.1, 0.15) is 5.75 Å². The highest BCUT2D eigenvalue weighted by Crippen LogP contribution is 2.38. The van der Waals surface area contributed by atoms with E-state index in [1.165, 1.54) is 4.31 Å². The number of sulfonamides is 1. The predicted molar refractivity (Wildman–Crippen MR) is 116 cm³/mol. The molecule has 1 amide bonds. The summed E-state index contributed by atoms with van der Waals surface area (Å²) < 4.78 is 32.1. The number of para-hydroxylation sites is 1. The maximum absolute atomic E-state index is 12.9. The van der Waals surface area contributed by atoms with Gasteiger partial charge in [-0.05, 0) is 48.1 Å². The number of fused-ring (bicyclic) bond motifs is 1. The lowest BCUT2D eigenvalue weighted by Gasteiger charge is -2.35. The Labute approximate surface area is 172 Å². The molecule has 2 aromatic carbocycles. The molecule has 1 atom stereocenters. The Balaban J connectivity index is 1.96. The maximum Gasteiger partial charge on any atom is 0.267 e. The van der Waals surface area contributed by atoms with E-state index in [4.69, 9.17) is 4.74 Å². The number of rotatable bonds is 3. The second kappa shape index (κ2) is 7.37. The normalized spacial score (nSPS) is 16.8. The molecular formula is C22H28N2O4S. The lowest BCUT2D eigenvalue weighted by atomic mass is 9.86. The molecule has 7 heteroatoms. The van der Waals surface area contributed by atoms with Crippen LogP contribution < -0.4 is 14.4 Å². The number of carbonyl (C=O) groups is 1. The van der Waals surface area contributed by atoms with E-state index in [1.807, 2.05) is 44.2 Å².